The maximum absolute atomic E-state index is 11.2. The first-order chi connectivity index (χ1) is 9.08. The average Bonchev–Trinajstić information content (AvgIpc) is 2.39. The van der Waals surface area contributed by atoms with Crippen LogP contribution in [0, 0.1) is 11.8 Å². The summed E-state index contributed by atoms with van der Waals surface area (Å²) < 4.78 is 0. The fourth-order valence-corrected chi connectivity index (χ4v) is 2.43. The fourth-order valence-electron chi connectivity index (χ4n) is 2.43. The third-order valence-electron chi connectivity index (χ3n) is 3.44. The van der Waals surface area contributed by atoms with Crippen LogP contribution in [0.1, 0.15) is 12.1 Å². The van der Waals surface area contributed by atoms with Crippen LogP contribution >= 0.6 is 0 Å². The first-order valence-corrected chi connectivity index (χ1v) is 6.16. The minimum absolute atomic E-state index is 0.253. The summed E-state index contributed by atoms with van der Waals surface area (Å²) in [6.45, 7) is 1.39. The molecule has 6 nitrogen and oxygen atoms in total. The van der Waals surface area contributed by atoms with Gasteiger partial charge in [-0.1, -0.05) is 6.07 Å². The monoisotopic (exact) mass is 264 g/mol. The van der Waals surface area contributed by atoms with Crippen molar-refractivity contribution in [1.82, 2.24) is 9.88 Å². The Kier molecular flexibility index (Phi) is 4.11. The van der Waals surface area contributed by atoms with Crippen LogP contribution in [-0.4, -0.2) is 45.1 Å². The van der Waals surface area contributed by atoms with Crippen LogP contribution < -0.4 is 0 Å². The summed E-state index contributed by atoms with van der Waals surface area (Å²) in [5, 5.41) is 18.2. The van der Waals surface area contributed by atoms with Gasteiger partial charge in [0.2, 0.25) is 0 Å². The van der Waals surface area contributed by atoms with Crippen molar-refractivity contribution in [3.8, 4) is 0 Å². The molecular formula is C13H16N2O4. The van der Waals surface area contributed by atoms with E-state index in [1.54, 1.807) is 6.20 Å². The third kappa shape index (κ3) is 3.29. The number of piperidine rings is 1. The molecule has 0 bridgehead atoms. The molecular weight excluding hydrogens is 248 g/mol. The summed E-state index contributed by atoms with van der Waals surface area (Å²) in [7, 11) is 0. The predicted molar refractivity (Wildman–Crippen MR) is 66.4 cm³/mol. The molecule has 0 spiro atoms. The highest BCUT2D eigenvalue weighted by molar-refractivity contribution is 5.80. The molecule has 2 rings (SSSR count). The minimum atomic E-state index is -1.04. The molecule has 1 fully saturated rings. The Morgan fingerprint density at radius 3 is 2.58 bits per heavy atom. The maximum Gasteiger partial charge on any atom is 0.308 e. The van der Waals surface area contributed by atoms with Gasteiger partial charge in [0.25, 0.3) is 0 Å². The van der Waals surface area contributed by atoms with Crippen LogP contribution in [0.3, 0.4) is 0 Å². The van der Waals surface area contributed by atoms with E-state index >= 15 is 0 Å². The highest BCUT2D eigenvalue weighted by Crippen LogP contribution is 2.25. The molecule has 2 unspecified atom stereocenters. The lowest BCUT2D eigenvalue weighted by Gasteiger charge is -2.34. The number of rotatable bonds is 4. The molecule has 6 heteroatoms. The SMILES string of the molecule is O=C(O)C1CCN(Cc2ccccn2)CC1C(=O)O. The number of carbonyl (C=O) groups is 2. The Hall–Kier alpha value is -1.95. The summed E-state index contributed by atoms with van der Waals surface area (Å²) in [6, 6.07) is 5.57. The summed E-state index contributed by atoms with van der Waals surface area (Å²) in [5.41, 5.74) is 0.861. The third-order valence-corrected chi connectivity index (χ3v) is 3.44. The van der Waals surface area contributed by atoms with Gasteiger partial charge in [-0.2, -0.15) is 0 Å². The second-order valence-electron chi connectivity index (χ2n) is 4.73. The van der Waals surface area contributed by atoms with Gasteiger partial charge in [-0.3, -0.25) is 19.5 Å². The van der Waals surface area contributed by atoms with Crippen molar-refractivity contribution < 1.29 is 19.8 Å². The highest BCUT2D eigenvalue weighted by Gasteiger charge is 2.38. The molecule has 0 saturated carbocycles. The molecule has 2 atom stereocenters. The lowest BCUT2D eigenvalue weighted by molar-refractivity contribution is -0.157. The lowest BCUT2D eigenvalue weighted by atomic mass is 9.85. The Balaban J connectivity index is 2.03. The van der Waals surface area contributed by atoms with Gasteiger partial charge in [0, 0.05) is 19.3 Å². The van der Waals surface area contributed by atoms with Crippen molar-refractivity contribution in [2.45, 2.75) is 13.0 Å². The van der Waals surface area contributed by atoms with E-state index < -0.39 is 23.8 Å². The quantitative estimate of drug-likeness (QED) is 0.831. The highest BCUT2D eigenvalue weighted by atomic mass is 16.4. The number of hydrogen-bond donors (Lipinski definition) is 2. The second-order valence-corrected chi connectivity index (χ2v) is 4.73. The fraction of sp³-hybridized carbons (Fsp3) is 0.462. The molecule has 1 aromatic heterocycles. The lowest BCUT2D eigenvalue weighted by Crippen LogP contribution is -2.46. The van der Waals surface area contributed by atoms with Gasteiger partial charge >= 0.3 is 11.9 Å². The first-order valence-electron chi connectivity index (χ1n) is 6.16. The number of aromatic nitrogens is 1. The van der Waals surface area contributed by atoms with Crippen LogP contribution in [0.5, 0.6) is 0 Å². The van der Waals surface area contributed by atoms with Crippen LogP contribution in [0.4, 0.5) is 0 Å². The van der Waals surface area contributed by atoms with Crippen molar-refractivity contribution in [3.63, 3.8) is 0 Å². The number of likely N-dealkylation sites (tertiary alicyclic amines) is 1. The molecule has 0 amide bonds. The number of pyridine rings is 1. The van der Waals surface area contributed by atoms with E-state index in [0.717, 1.165) is 5.69 Å². The Morgan fingerprint density at radius 1 is 1.26 bits per heavy atom. The molecule has 102 valence electrons. The molecule has 1 aliphatic rings. The van der Waals surface area contributed by atoms with Crippen LogP contribution in [-0.2, 0) is 16.1 Å². The van der Waals surface area contributed by atoms with Gasteiger partial charge in [0.15, 0.2) is 0 Å². The number of nitrogens with zero attached hydrogens (tertiary/aromatic N) is 2. The van der Waals surface area contributed by atoms with Gasteiger partial charge in [-0.15, -0.1) is 0 Å². The minimum Gasteiger partial charge on any atom is -0.481 e. The molecule has 0 aliphatic carbocycles. The Labute approximate surface area is 110 Å². The number of hydrogen-bond acceptors (Lipinski definition) is 4. The summed E-state index contributed by atoms with van der Waals surface area (Å²) >= 11 is 0. The molecule has 2 heterocycles. The van der Waals surface area contributed by atoms with E-state index in [2.05, 4.69) is 4.98 Å². The van der Waals surface area contributed by atoms with E-state index in [4.69, 9.17) is 10.2 Å². The molecule has 1 saturated heterocycles. The van der Waals surface area contributed by atoms with Gasteiger partial charge < -0.3 is 10.2 Å². The van der Waals surface area contributed by atoms with Crippen molar-refractivity contribution in [2.75, 3.05) is 13.1 Å². The zero-order valence-corrected chi connectivity index (χ0v) is 10.4. The van der Waals surface area contributed by atoms with Gasteiger partial charge in [-0.25, -0.2) is 0 Å². The van der Waals surface area contributed by atoms with E-state index in [1.807, 2.05) is 23.1 Å². The standard InChI is InChI=1S/C13H16N2O4/c16-12(17)10-4-6-15(8-11(10)13(18)19)7-9-3-1-2-5-14-9/h1-3,5,10-11H,4,6-8H2,(H,16,17)(H,18,19). The molecule has 0 aromatic carbocycles. The topological polar surface area (TPSA) is 90.7 Å². The number of carboxylic acids is 2. The molecule has 1 aromatic rings. The van der Waals surface area contributed by atoms with Crippen molar-refractivity contribution >= 4 is 11.9 Å². The van der Waals surface area contributed by atoms with E-state index in [0.29, 0.717) is 19.5 Å². The Morgan fingerprint density at radius 2 is 2.00 bits per heavy atom. The average molecular weight is 264 g/mol. The molecule has 1 aliphatic heterocycles. The second kappa shape index (κ2) is 5.79. The summed E-state index contributed by atoms with van der Waals surface area (Å²) in [6.07, 6.45) is 2.05. The largest absolute Gasteiger partial charge is 0.481 e. The van der Waals surface area contributed by atoms with E-state index in [1.165, 1.54) is 0 Å². The van der Waals surface area contributed by atoms with Gasteiger partial charge in [0.05, 0.1) is 17.5 Å². The van der Waals surface area contributed by atoms with Crippen LogP contribution in [0.2, 0.25) is 0 Å². The van der Waals surface area contributed by atoms with Crippen molar-refractivity contribution in [3.05, 3.63) is 30.1 Å². The maximum atomic E-state index is 11.2. The van der Waals surface area contributed by atoms with Crippen LogP contribution in [0.15, 0.2) is 24.4 Å². The summed E-state index contributed by atoms with van der Waals surface area (Å²) in [5.74, 6) is -3.71. The molecule has 0 radical (unpaired) electrons. The first kappa shape index (κ1) is 13.5. The smallest absolute Gasteiger partial charge is 0.308 e. The van der Waals surface area contributed by atoms with Crippen molar-refractivity contribution in [2.24, 2.45) is 11.8 Å². The van der Waals surface area contributed by atoms with E-state index in [9.17, 15) is 9.59 Å². The molecule has 19 heavy (non-hydrogen) atoms. The van der Waals surface area contributed by atoms with Gasteiger partial charge in [0.1, 0.15) is 0 Å². The van der Waals surface area contributed by atoms with Crippen LogP contribution in [0.25, 0.3) is 0 Å². The van der Waals surface area contributed by atoms with Crippen molar-refractivity contribution in [1.29, 1.82) is 0 Å². The zero-order chi connectivity index (χ0) is 13.8. The number of aliphatic carboxylic acids is 2. The number of carboxylic acid groups (broad SMARTS) is 2. The zero-order valence-electron chi connectivity index (χ0n) is 10.4. The summed E-state index contributed by atoms with van der Waals surface area (Å²) in [4.78, 5) is 28.3. The predicted octanol–water partition coefficient (Wildman–Crippen LogP) is 0.689. The van der Waals surface area contributed by atoms with E-state index in [-0.39, 0.29) is 6.54 Å². The Bertz CT molecular complexity index is 463. The van der Waals surface area contributed by atoms with Gasteiger partial charge in [-0.05, 0) is 25.1 Å². The normalized spacial score (nSPS) is 24.0. The molecule has 2 N–H and O–H groups in total.